The number of anilines is 1. The van der Waals surface area contributed by atoms with Crippen LogP contribution in [0.15, 0.2) is 48.9 Å². The van der Waals surface area contributed by atoms with Crippen LogP contribution in [0.1, 0.15) is 31.2 Å². The Morgan fingerprint density at radius 2 is 1.85 bits per heavy atom. The average molecular weight is 522 g/mol. The van der Waals surface area contributed by atoms with Crippen LogP contribution in [0.3, 0.4) is 0 Å². The Bertz CT molecular complexity index is 1590. The van der Waals surface area contributed by atoms with Crippen LogP contribution in [0.4, 0.5) is 5.82 Å². The van der Waals surface area contributed by atoms with E-state index < -0.39 is 0 Å². The molecule has 0 atom stereocenters. The molecule has 5 heterocycles. The Hall–Kier alpha value is -3.82. The third-order valence-electron chi connectivity index (χ3n) is 8.34. The Balaban J connectivity index is 1.17. The van der Waals surface area contributed by atoms with E-state index in [0.717, 1.165) is 95.6 Å². The molecule has 1 aliphatic carbocycles. The molecule has 0 radical (unpaired) electrons. The molecular weight excluding hydrogens is 486 g/mol. The quantitative estimate of drug-likeness (QED) is 0.288. The lowest BCUT2D eigenvalue weighted by atomic mass is 10.0. The van der Waals surface area contributed by atoms with Crippen LogP contribution >= 0.6 is 0 Å². The third-order valence-corrected chi connectivity index (χ3v) is 8.34. The number of aromatic nitrogens is 6. The monoisotopic (exact) mass is 521 g/mol. The number of aromatic amines is 2. The molecule has 7 rings (SSSR count). The highest BCUT2D eigenvalue weighted by atomic mass is 15.3. The number of piperazine rings is 1. The van der Waals surface area contributed by atoms with Gasteiger partial charge in [0, 0.05) is 62.3 Å². The summed E-state index contributed by atoms with van der Waals surface area (Å²) in [6.07, 6.45) is 11.2. The third kappa shape index (κ3) is 4.88. The first-order valence-corrected chi connectivity index (χ1v) is 14.1. The van der Waals surface area contributed by atoms with Gasteiger partial charge < -0.3 is 20.1 Å². The van der Waals surface area contributed by atoms with Crippen molar-refractivity contribution in [1.82, 2.24) is 40.3 Å². The summed E-state index contributed by atoms with van der Waals surface area (Å²) >= 11 is 0. The van der Waals surface area contributed by atoms with Crippen molar-refractivity contribution < 1.29 is 0 Å². The molecule has 2 fully saturated rings. The van der Waals surface area contributed by atoms with E-state index in [1.807, 2.05) is 24.7 Å². The number of nitrogens with one attached hydrogen (secondary N) is 3. The summed E-state index contributed by atoms with van der Waals surface area (Å²) in [6, 6.07) is 10.6. The van der Waals surface area contributed by atoms with Gasteiger partial charge in [-0.1, -0.05) is 18.9 Å². The van der Waals surface area contributed by atoms with Gasteiger partial charge >= 0.3 is 0 Å². The lowest BCUT2D eigenvalue weighted by molar-refractivity contribution is 0.312. The molecule has 1 aromatic carbocycles. The van der Waals surface area contributed by atoms with Gasteiger partial charge in [0.05, 0.1) is 11.0 Å². The predicted molar refractivity (Wildman–Crippen MR) is 156 cm³/mol. The molecular formula is C30H35N9. The number of nitrogens with zero attached hydrogens (tertiary/aromatic N) is 6. The van der Waals surface area contributed by atoms with Crippen LogP contribution < -0.4 is 10.2 Å². The van der Waals surface area contributed by atoms with Gasteiger partial charge in [0.1, 0.15) is 11.2 Å². The van der Waals surface area contributed by atoms with Crippen molar-refractivity contribution in [3.05, 3.63) is 54.5 Å². The highest BCUT2D eigenvalue weighted by Crippen LogP contribution is 2.32. The second kappa shape index (κ2) is 10.4. The Morgan fingerprint density at radius 1 is 0.974 bits per heavy atom. The van der Waals surface area contributed by atoms with Gasteiger partial charge in [-0.25, -0.2) is 9.97 Å². The van der Waals surface area contributed by atoms with Gasteiger partial charge in [-0.3, -0.25) is 10.1 Å². The molecule has 4 aromatic heterocycles. The molecule has 1 aliphatic heterocycles. The van der Waals surface area contributed by atoms with Crippen molar-refractivity contribution >= 4 is 27.8 Å². The van der Waals surface area contributed by atoms with Crippen LogP contribution in [0.5, 0.6) is 0 Å². The summed E-state index contributed by atoms with van der Waals surface area (Å²) < 4.78 is 0. The molecule has 5 aromatic rings. The lowest BCUT2D eigenvalue weighted by Crippen LogP contribution is -2.44. The number of benzene rings is 1. The van der Waals surface area contributed by atoms with Gasteiger partial charge in [0.25, 0.3) is 0 Å². The summed E-state index contributed by atoms with van der Waals surface area (Å²) in [6.45, 7) is 5.88. The minimum Gasteiger partial charge on any atom is -0.352 e. The maximum absolute atomic E-state index is 5.01. The Morgan fingerprint density at radius 3 is 2.72 bits per heavy atom. The van der Waals surface area contributed by atoms with Crippen molar-refractivity contribution in [2.24, 2.45) is 5.92 Å². The first-order valence-electron chi connectivity index (χ1n) is 14.1. The van der Waals surface area contributed by atoms with Crippen LogP contribution in [0.25, 0.3) is 44.6 Å². The molecule has 200 valence electrons. The van der Waals surface area contributed by atoms with Crippen molar-refractivity contribution in [3.63, 3.8) is 0 Å². The van der Waals surface area contributed by atoms with Gasteiger partial charge in [-0.05, 0) is 67.7 Å². The fraction of sp³-hybridized carbons (Fsp3) is 0.400. The second-order valence-corrected chi connectivity index (χ2v) is 11.1. The molecule has 9 heteroatoms. The number of H-pyrrole nitrogens is 2. The molecule has 3 N–H and O–H groups in total. The van der Waals surface area contributed by atoms with E-state index in [-0.39, 0.29) is 0 Å². The highest BCUT2D eigenvalue weighted by molar-refractivity contribution is 5.97. The number of fused-ring (bicyclic) bond motifs is 2. The number of hydrogen-bond acceptors (Lipinski definition) is 7. The maximum Gasteiger partial charge on any atom is 0.159 e. The summed E-state index contributed by atoms with van der Waals surface area (Å²) in [5.74, 6) is 2.52. The molecule has 1 saturated heterocycles. The van der Waals surface area contributed by atoms with E-state index in [9.17, 15) is 0 Å². The van der Waals surface area contributed by atoms with Crippen LogP contribution in [-0.4, -0.2) is 74.8 Å². The molecule has 0 unspecified atom stereocenters. The smallest absolute Gasteiger partial charge is 0.159 e. The molecule has 0 spiro atoms. The van der Waals surface area contributed by atoms with Gasteiger partial charge in [-0.15, -0.1) is 0 Å². The SMILES string of the molecule is CN1CCN(c2nccc3[nH]c(-c4n[nH]c5ccc(-c6cncc(CNCC7CCCC7)c6)cc45)nc23)CC1. The normalized spacial score (nSPS) is 17.1. The number of likely N-dealkylation sites (N-methyl/N-ethyl adjacent to an activating group) is 1. The van der Waals surface area contributed by atoms with E-state index in [0.29, 0.717) is 0 Å². The van der Waals surface area contributed by atoms with E-state index >= 15 is 0 Å². The standard InChI is InChI=1S/C30H35N9/c1-38-10-12-39(13-11-38)30-28-26(8-9-33-30)34-29(35-28)27-24-15-22(6-7-25(24)36-37-27)23-14-21(18-32-19-23)17-31-16-20-4-2-3-5-20/h6-9,14-15,18-20,31H,2-5,10-13,16-17H2,1H3,(H,34,35)(H,36,37). The molecule has 0 bridgehead atoms. The van der Waals surface area contributed by atoms with Crippen molar-refractivity contribution in [3.8, 4) is 22.6 Å². The fourth-order valence-electron chi connectivity index (χ4n) is 6.03. The minimum absolute atomic E-state index is 0.750. The van der Waals surface area contributed by atoms with Gasteiger partial charge in [-0.2, -0.15) is 5.10 Å². The van der Waals surface area contributed by atoms with E-state index in [2.05, 4.69) is 66.6 Å². The van der Waals surface area contributed by atoms with E-state index in [1.165, 1.54) is 31.2 Å². The number of hydrogen-bond donors (Lipinski definition) is 3. The van der Waals surface area contributed by atoms with Crippen LogP contribution in [0, 0.1) is 5.92 Å². The summed E-state index contributed by atoms with van der Waals surface area (Å²) in [4.78, 5) is 22.4. The fourth-order valence-corrected chi connectivity index (χ4v) is 6.03. The highest BCUT2D eigenvalue weighted by Gasteiger charge is 2.21. The van der Waals surface area contributed by atoms with Crippen LogP contribution in [0.2, 0.25) is 0 Å². The zero-order valence-electron chi connectivity index (χ0n) is 22.5. The number of imidazole rings is 1. The zero-order chi connectivity index (χ0) is 26.2. The molecule has 39 heavy (non-hydrogen) atoms. The largest absolute Gasteiger partial charge is 0.352 e. The lowest BCUT2D eigenvalue weighted by Gasteiger charge is -2.33. The van der Waals surface area contributed by atoms with Gasteiger partial charge in [0.15, 0.2) is 11.6 Å². The van der Waals surface area contributed by atoms with Crippen molar-refractivity contribution in [1.29, 1.82) is 0 Å². The zero-order valence-corrected chi connectivity index (χ0v) is 22.5. The second-order valence-electron chi connectivity index (χ2n) is 11.1. The van der Waals surface area contributed by atoms with Crippen molar-refractivity contribution in [2.75, 3.05) is 44.7 Å². The van der Waals surface area contributed by atoms with Crippen molar-refractivity contribution in [2.45, 2.75) is 32.2 Å². The first-order chi connectivity index (χ1) is 19.2. The number of pyridine rings is 2. The molecule has 0 amide bonds. The summed E-state index contributed by atoms with van der Waals surface area (Å²) in [5, 5.41) is 12.5. The first kappa shape index (κ1) is 24.2. The van der Waals surface area contributed by atoms with E-state index in [4.69, 9.17) is 9.97 Å². The summed E-state index contributed by atoms with van der Waals surface area (Å²) in [7, 11) is 2.16. The van der Waals surface area contributed by atoms with Gasteiger partial charge in [0.2, 0.25) is 0 Å². The number of rotatable bonds is 7. The maximum atomic E-state index is 5.01. The molecule has 9 nitrogen and oxygen atoms in total. The molecule has 2 aliphatic rings. The Labute approximate surface area is 228 Å². The topological polar surface area (TPSA) is 102 Å². The van der Waals surface area contributed by atoms with E-state index in [1.54, 1.807) is 0 Å². The predicted octanol–water partition coefficient (Wildman–Crippen LogP) is 4.59. The summed E-state index contributed by atoms with van der Waals surface area (Å²) in [5.41, 5.74) is 7.10. The molecule has 1 saturated carbocycles. The minimum atomic E-state index is 0.750. The van der Waals surface area contributed by atoms with Crippen LogP contribution in [-0.2, 0) is 6.54 Å². The Kier molecular flexibility index (Phi) is 6.46. The average Bonchev–Trinajstić information content (AvgIpc) is 3.73.